The molecule has 0 radical (unpaired) electrons. The number of hydrogen-bond acceptors (Lipinski definition) is 5. The zero-order valence-electron chi connectivity index (χ0n) is 15.0. The standard InChI is InChI=1S/C19H24N4O2/c1-19(2,3)15-13-16(23-9-11-25-12-10-23)21-18(20-15)22-17(24)14-7-5-4-6-8-14/h4-8,13H,9-12H2,1-3H3,(H,20,21,22,24). The molecule has 0 atom stereocenters. The molecule has 6 nitrogen and oxygen atoms in total. The maximum Gasteiger partial charge on any atom is 0.258 e. The summed E-state index contributed by atoms with van der Waals surface area (Å²) >= 11 is 0. The Morgan fingerprint density at radius 2 is 1.80 bits per heavy atom. The Morgan fingerprint density at radius 1 is 1.12 bits per heavy atom. The van der Waals surface area contributed by atoms with E-state index in [-0.39, 0.29) is 11.3 Å². The summed E-state index contributed by atoms with van der Waals surface area (Å²) in [5.41, 5.74) is 1.34. The van der Waals surface area contributed by atoms with Crippen LogP contribution in [0.2, 0.25) is 0 Å². The van der Waals surface area contributed by atoms with Gasteiger partial charge in [0.25, 0.3) is 5.91 Å². The highest BCUT2D eigenvalue weighted by Crippen LogP contribution is 2.25. The zero-order chi connectivity index (χ0) is 17.9. The van der Waals surface area contributed by atoms with Crippen molar-refractivity contribution in [3.8, 4) is 0 Å². The molecule has 25 heavy (non-hydrogen) atoms. The summed E-state index contributed by atoms with van der Waals surface area (Å²) in [7, 11) is 0. The first-order chi connectivity index (χ1) is 11.9. The van der Waals surface area contributed by atoms with Crippen molar-refractivity contribution in [1.82, 2.24) is 9.97 Å². The predicted molar refractivity (Wildman–Crippen MR) is 98.2 cm³/mol. The third-order valence-electron chi connectivity index (χ3n) is 4.08. The minimum atomic E-state index is -0.209. The lowest BCUT2D eigenvalue weighted by Crippen LogP contribution is -2.37. The van der Waals surface area contributed by atoms with E-state index in [0.717, 1.165) is 24.6 Å². The lowest BCUT2D eigenvalue weighted by atomic mass is 9.92. The van der Waals surface area contributed by atoms with E-state index in [1.807, 2.05) is 24.3 Å². The van der Waals surface area contributed by atoms with Gasteiger partial charge in [0.1, 0.15) is 5.82 Å². The van der Waals surface area contributed by atoms with Gasteiger partial charge in [0.05, 0.1) is 18.9 Å². The Bertz CT molecular complexity index is 735. The second-order valence-electron chi connectivity index (χ2n) is 7.10. The SMILES string of the molecule is CC(C)(C)c1cc(N2CCOCC2)nc(NC(=O)c2ccccc2)n1. The fraction of sp³-hybridized carbons (Fsp3) is 0.421. The van der Waals surface area contributed by atoms with Gasteiger partial charge < -0.3 is 9.64 Å². The van der Waals surface area contributed by atoms with E-state index in [1.165, 1.54) is 0 Å². The minimum absolute atomic E-state index is 0.143. The molecule has 0 bridgehead atoms. The number of rotatable bonds is 3. The van der Waals surface area contributed by atoms with Gasteiger partial charge in [0.15, 0.2) is 0 Å². The molecule has 2 heterocycles. The van der Waals surface area contributed by atoms with Crippen LogP contribution in [-0.2, 0) is 10.2 Å². The molecular weight excluding hydrogens is 316 g/mol. The fourth-order valence-electron chi connectivity index (χ4n) is 2.59. The molecule has 1 amide bonds. The van der Waals surface area contributed by atoms with Crippen LogP contribution in [0.5, 0.6) is 0 Å². The summed E-state index contributed by atoms with van der Waals surface area (Å²) in [6.45, 7) is 9.23. The molecule has 0 saturated carbocycles. The molecule has 1 aromatic carbocycles. The van der Waals surface area contributed by atoms with Gasteiger partial charge in [0.2, 0.25) is 5.95 Å². The number of nitrogens with zero attached hydrogens (tertiary/aromatic N) is 3. The molecular formula is C19H24N4O2. The average molecular weight is 340 g/mol. The number of ether oxygens (including phenoxy) is 1. The molecule has 1 aromatic heterocycles. The van der Waals surface area contributed by atoms with Crippen molar-refractivity contribution in [2.24, 2.45) is 0 Å². The van der Waals surface area contributed by atoms with Gasteiger partial charge in [-0.3, -0.25) is 10.1 Å². The van der Waals surface area contributed by atoms with Crippen molar-refractivity contribution in [3.05, 3.63) is 47.7 Å². The molecule has 1 saturated heterocycles. The Morgan fingerprint density at radius 3 is 2.44 bits per heavy atom. The van der Waals surface area contributed by atoms with E-state index >= 15 is 0 Å². The van der Waals surface area contributed by atoms with Gasteiger partial charge in [0, 0.05) is 30.1 Å². The van der Waals surface area contributed by atoms with Gasteiger partial charge >= 0.3 is 0 Å². The zero-order valence-corrected chi connectivity index (χ0v) is 15.0. The molecule has 0 unspecified atom stereocenters. The average Bonchev–Trinajstić information content (AvgIpc) is 2.62. The third kappa shape index (κ3) is 4.33. The number of benzene rings is 1. The number of amides is 1. The van der Waals surface area contributed by atoms with Crippen LogP contribution in [-0.4, -0.2) is 42.2 Å². The van der Waals surface area contributed by atoms with Crippen LogP contribution in [0, 0.1) is 0 Å². The van der Waals surface area contributed by atoms with E-state index in [0.29, 0.717) is 24.7 Å². The molecule has 0 aliphatic carbocycles. The number of anilines is 2. The Balaban J connectivity index is 1.90. The largest absolute Gasteiger partial charge is 0.378 e. The first kappa shape index (κ1) is 17.4. The Labute approximate surface area is 148 Å². The normalized spacial score (nSPS) is 15.1. The highest BCUT2D eigenvalue weighted by atomic mass is 16.5. The minimum Gasteiger partial charge on any atom is -0.378 e. The van der Waals surface area contributed by atoms with Gasteiger partial charge in [-0.05, 0) is 12.1 Å². The third-order valence-corrected chi connectivity index (χ3v) is 4.08. The second kappa shape index (κ2) is 7.19. The molecule has 0 spiro atoms. The van der Waals surface area contributed by atoms with Gasteiger partial charge in [-0.25, -0.2) is 4.98 Å². The van der Waals surface area contributed by atoms with Crippen molar-refractivity contribution in [2.45, 2.75) is 26.2 Å². The Kier molecular flexibility index (Phi) is 4.99. The maximum absolute atomic E-state index is 12.4. The number of aromatic nitrogens is 2. The number of carbonyl (C=O) groups is 1. The summed E-state index contributed by atoms with van der Waals surface area (Å²) in [4.78, 5) is 23.7. The van der Waals surface area contributed by atoms with Crippen molar-refractivity contribution in [2.75, 3.05) is 36.5 Å². The summed E-state index contributed by atoms with van der Waals surface area (Å²) < 4.78 is 5.42. The van der Waals surface area contributed by atoms with E-state index < -0.39 is 0 Å². The maximum atomic E-state index is 12.4. The van der Waals surface area contributed by atoms with Crippen LogP contribution in [0.1, 0.15) is 36.8 Å². The summed E-state index contributed by atoms with van der Waals surface area (Å²) in [5, 5.41) is 2.83. The first-order valence-electron chi connectivity index (χ1n) is 8.52. The molecule has 2 aromatic rings. The quantitative estimate of drug-likeness (QED) is 0.930. The van der Waals surface area contributed by atoms with Crippen LogP contribution in [0.25, 0.3) is 0 Å². The number of nitrogens with one attached hydrogen (secondary N) is 1. The second-order valence-corrected chi connectivity index (χ2v) is 7.10. The van der Waals surface area contributed by atoms with Crippen LogP contribution in [0.15, 0.2) is 36.4 Å². The van der Waals surface area contributed by atoms with Crippen LogP contribution in [0.4, 0.5) is 11.8 Å². The monoisotopic (exact) mass is 340 g/mol. The van der Waals surface area contributed by atoms with E-state index in [1.54, 1.807) is 12.1 Å². The molecule has 1 aliphatic heterocycles. The lowest BCUT2D eigenvalue weighted by Gasteiger charge is -2.29. The van der Waals surface area contributed by atoms with Crippen LogP contribution in [0.3, 0.4) is 0 Å². The number of morpholine rings is 1. The fourth-order valence-corrected chi connectivity index (χ4v) is 2.59. The van der Waals surface area contributed by atoms with Crippen molar-refractivity contribution in [1.29, 1.82) is 0 Å². The Hall–Kier alpha value is -2.47. The predicted octanol–water partition coefficient (Wildman–Crippen LogP) is 2.86. The van der Waals surface area contributed by atoms with Gasteiger partial charge in [-0.15, -0.1) is 0 Å². The number of hydrogen-bond donors (Lipinski definition) is 1. The molecule has 132 valence electrons. The number of carbonyl (C=O) groups excluding carboxylic acids is 1. The highest BCUT2D eigenvalue weighted by Gasteiger charge is 2.22. The molecule has 1 fully saturated rings. The molecule has 1 N–H and O–H groups in total. The molecule has 1 aliphatic rings. The van der Waals surface area contributed by atoms with E-state index in [4.69, 9.17) is 4.74 Å². The molecule has 3 rings (SSSR count). The van der Waals surface area contributed by atoms with Crippen molar-refractivity contribution >= 4 is 17.7 Å². The summed E-state index contributed by atoms with van der Waals surface area (Å²) in [6, 6.07) is 11.1. The topological polar surface area (TPSA) is 67.3 Å². The highest BCUT2D eigenvalue weighted by molar-refractivity contribution is 6.03. The van der Waals surface area contributed by atoms with Crippen LogP contribution >= 0.6 is 0 Å². The van der Waals surface area contributed by atoms with Crippen molar-refractivity contribution in [3.63, 3.8) is 0 Å². The van der Waals surface area contributed by atoms with E-state index in [2.05, 4.69) is 41.0 Å². The smallest absolute Gasteiger partial charge is 0.258 e. The first-order valence-corrected chi connectivity index (χ1v) is 8.52. The van der Waals surface area contributed by atoms with Gasteiger partial charge in [-0.2, -0.15) is 4.98 Å². The summed E-state index contributed by atoms with van der Waals surface area (Å²) in [5.74, 6) is 0.953. The molecule has 6 heteroatoms. The van der Waals surface area contributed by atoms with Gasteiger partial charge in [-0.1, -0.05) is 39.0 Å². The van der Waals surface area contributed by atoms with Crippen molar-refractivity contribution < 1.29 is 9.53 Å². The summed E-state index contributed by atoms with van der Waals surface area (Å²) in [6.07, 6.45) is 0. The lowest BCUT2D eigenvalue weighted by molar-refractivity contribution is 0.102. The van der Waals surface area contributed by atoms with E-state index in [9.17, 15) is 4.79 Å². The van der Waals surface area contributed by atoms with Crippen LogP contribution < -0.4 is 10.2 Å².